The molecule has 0 bridgehead atoms. The lowest BCUT2D eigenvalue weighted by Gasteiger charge is -2.21. The van der Waals surface area contributed by atoms with Crippen LogP contribution in [0.5, 0.6) is 0 Å². The number of hydrogen-bond donors (Lipinski definition) is 1. The fraction of sp³-hybridized carbons (Fsp3) is 0.857. The molecule has 1 N–H and O–H groups in total. The molecule has 0 saturated carbocycles. The summed E-state index contributed by atoms with van der Waals surface area (Å²) in [4.78, 5) is 11.2. The SMILES string of the molecule is CCOC(=O)[C@@](C)(CC)S(=O)(=O)O. The summed E-state index contributed by atoms with van der Waals surface area (Å²) in [6.07, 6.45) is -0.0231. The lowest BCUT2D eigenvalue weighted by Crippen LogP contribution is -2.44. The molecule has 1 atom stereocenters. The highest BCUT2D eigenvalue weighted by molar-refractivity contribution is 7.88. The van der Waals surface area contributed by atoms with Crippen molar-refractivity contribution in [2.45, 2.75) is 31.9 Å². The molecule has 0 radical (unpaired) electrons. The van der Waals surface area contributed by atoms with Crippen molar-refractivity contribution >= 4 is 16.1 Å². The van der Waals surface area contributed by atoms with E-state index in [9.17, 15) is 13.2 Å². The summed E-state index contributed by atoms with van der Waals surface area (Å²) in [5, 5.41) is 0. The minimum Gasteiger partial charge on any atom is -0.465 e. The highest BCUT2D eigenvalue weighted by atomic mass is 32.2. The van der Waals surface area contributed by atoms with Crippen molar-refractivity contribution < 1.29 is 22.5 Å². The van der Waals surface area contributed by atoms with E-state index in [1.54, 1.807) is 6.92 Å². The van der Waals surface area contributed by atoms with E-state index in [1.807, 2.05) is 0 Å². The number of esters is 1. The quantitative estimate of drug-likeness (QED) is 0.543. The zero-order valence-corrected chi connectivity index (χ0v) is 8.72. The predicted octanol–water partition coefficient (Wildman–Crippen LogP) is 0.606. The second-order valence-electron chi connectivity index (χ2n) is 2.78. The summed E-state index contributed by atoms with van der Waals surface area (Å²) < 4.78 is 33.2. The van der Waals surface area contributed by atoms with Crippen LogP contribution in [0.1, 0.15) is 27.2 Å². The molecule has 78 valence electrons. The maximum atomic E-state index is 11.2. The zero-order valence-electron chi connectivity index (χ0n) is 7.90. The van der Waals surface area contributed by atoms with E-state index in [0.29, 0.717) is 0 Å². The van der Waals surface area contributed by atoms with Crippen LogP contribution in [-0.4, -0.2) is 30.3 Å². The number of carbonyl (C=O) groups excluding carboxylic acids is 1. The maximum Gasteiger partial charge on any atom is 0.329 e. The van der Waals surface area contributed by atoms with Gasteiger partial charge in [0.05, 0.1) is 6.61 Å². The fourth-order valence-electron chi connectivity index (χ4n) is 0.716. The third-order valence-corrected chi connectivity index (χ3v) is 3.55. The Balaban J connectivity index is 4.96. The third kappa shape index (κ3) is 2.41. The van der Waals surface area contributed by atoms with Gasteiger partial charge < -0.3 is 4.74 Å². The summed E-state index contributed by atoms with van der Waals surface area (Å²) in [6.45, 7) is 4.28. The Kier molecular flexibility index (Phi) is 3.87. The second-order valence-corrected chi connectivity index (χ2v) is 4.63. The number of carbonyl (C=O) groups is 1. The lowest BCUT2D eigenvalue weighted by molar-refractivity contribution is -0.146. The zero-order chi connectivity index (χ0) is 10.7. The molecular formula is C7H14O5S. The number of ether oxygens (including phenoxy) is 1. The van der Waals surface area contributed by atoms with Gasteiger partial charge in [0.25, 0.3) is 10.1 Å². The number of rotatable bonds is 4. The Morgan fingerprint density at radius 3 is 2.15 bits per heavy atom. The Hall–Kier alpha value is -0.620. The van der Waals surface area contributed by atoms with Crippen molar-refractivity contribution in [2.24, 2.45) is 0 Å². The van der Waals surface area contributed by atoms with Gasteiger partial charge in [-0.2, -0.15) is 8.42 Å². The predicted molar refractivity (Wildman–Crippen MR) is 46.9 cm³/mol. The van der Waals surface area contributed by atoms with Crippen LogP contribution in [0.2, 0.25) is 0 Å². The molecule has 0 saturated heterocycles. The molecule has 0 amide bonds. The van der Waals surface area contributed by atoms with Crippen LogP contribution in [0.25, 0.3) is 0 Å². The van der Waals surface area contributed by atoms with Gasteiger partial charge in [0.2, 0.25) is 0 Å². The van der Waals surface area contributed by atoms with Gasteiger partial charge in [0.1, 0.15) is 0 Å². The van der Waals surface area contributed by atoms with Crippen LogP contribution in [-0.2, 0) is 19.6 Å². The minimum atomic E-state index is -4.41. The van der Waals surface area contributed by atoms with Crippen molar-refractivity contribution in [2.75, 3.05) is 6.61 Å². The van der Waals surface area contributed by atoms with Crippen LogP contribution in [0.4, 0.5) is 0 Å². The molecule has 0 heterocycles. The van der Waals surface area contributed by atoms with Gasteiger partial charge in [-0.15, -0.1) is 0 Å². The molecule has 0 aromatic carbocycles. The summed E-state index contributed by atoms with van der Waals surface area (Å²) in [7, 11) is -4.41. The van der Waals surface area contributed by atoms with Crippen molar-refractivity contribution in [1.82, 2.24) is 0 Å². The van der Waals surface area contributed by atoms with E-state index in [-0.39, 0.29) is 13.0 Å². The largest absolute Gasteiger partial charge is 0.465 e. The first kappa shape index (κ1) is 12.4. The molecule has 0 aromatic rings. The molecule has 0 aliphatic carbocycles. The summed E-state index contributed by atoms with van der Waals surface area (Å²) in [5.41, 5.74) is 0. The maximum absolute atomic E-state index is 11.2. The van der Waals surface area contributed by atoms with Gasteiger partial charge in [-0.25, -0.2) is 0 Å². The monoisotopic (exact) mass is 210 g/mol. The van der Waals surface area contributed by atoms with Gasteiger partial charge in [0.15, 0.2) is 4.75 Å². The first-order chi connectivity index (χ1) is 5.79. The number of hydrogen-bond acceptors (Lipinski definition) is 4. The van der Waals surface area contributed by atoms with Crippen molar-refractivity contribution in [3.8, 4) is 0 Å². The molecule has 0 unspecified atom stereocenters. The van der Waals surface area contributed by atoms with Crippen LogP contribution in [0.15, 0.2) is 0 Å². The lowest BCUT2D eigenvalue weighted by atomic mass is 10.1. The van der Waals surface area contributed by atoms with Crippen LogP contribution in [0.3, 0.4) is 0 Å². The first-order valence-corrected chi connectivity index (χ1v) is 5.37. The highest BCUT2D eigenvalue weighted by Gasteiger charge is 2.45. The normalized spacial score (nSPS) is 16.3. The Morgan fingerprint density at radius 1 is 1.46 bits per heavy atom. The smallest absolute Gasteiger partial charge is 0.329 e. The Morgan fingerprint density at radius 2 is 1.92 bits per heavy atom. The molecule has 0 aliphatic rings. The molecular weight excluding hydrogens is 196 g/mol. The first-order valence-electron chi connectivity index (χ1n) is 3.93. The average Bonchev–Trinajstić information content (AvgIpc) is 2.01. The summed E-state index contributed by atoms with van der Waals surface area (Å²) in [6, 6.07) is 0. The van der Waals surface area contributed by atoms with Gasteiger partial charge in [-0.05, 0) is 20.3 Å². The van der Waals surface area contributed by atoms with E-state index < -0.39 is 20.8 Å². The molecule has 0 aliphatic heterocycles. The average molecular weight is 210 g/mol. The minimum absolute atomic E-state index is 0.0231. The van der Waals surface area contributed by atoms with E-state index >= 15 is 0 Å². The third-order valence-electron chi connectivity index (χ3n) is 1.95. The van der Waals surface area contributed by atoms with E-state index in [1.165, 1.54) is 6.92 Å². The fourth-order valence-corrected chi connectivity index (χ4v) is 1.35. The van der Waals surface area contributed by atoms with E-state index in [0.717, 1.165) is 6.92 Å². The topological polar surface area (TPSA) is 80.7 Å². The molecule has 0 rings (SSSR count). The van der Waals surface area contributed by atoms with Gasteiger partial charge in [0, 0.05) is 0 Å². The summed E-state index contributed by atoms with van der Waals surface area (Å²) >= 11 is 0. The molecule has 0 spiro atoms. The Bertz CT molecular complexity index is 281. The Labute approximate surface area is 77.8 Å². The summed E-state index contributed by atoms with van der Waals surface area (Å²) in [5.74, 6) is -0.917. The molecule has 0 aromatic heterocycles. The van der Waals surface area contributed by atoms with Gasteiger partial charge in [-0.1, -0.05) is 6.92 Å². The second kappa shape index (κ2) is 4.06. The van der Waals surface area contributed by atoms with Crippen LogP contribution >= 0.6 is 0 Å². The van der Waals surface area contributed by atoms with Crippen molar-refractivity contribution in [1.29, 1.82) is 0 Å². The van der Waals surface area contributed by atoms with E-state index in [2.05, 4.69) is 4.74 Å². The van der Waals surface area contributed by atoms with Crippen molar-refractivity contribution in [3.63, 3.8) is 0 Å². The molecule has 5 nitrogen and oxygen atoms in total. The molecule has 6 heteroatoms. The highest BCUT2D eigenvalue weighted by Crippen LogP contribution is 2.21. The molecule has 0 fully saturated rings. The van der Waals surface area contributed by atoms with Gasteiger partial charge in [-0.3, -0.25) is 9.35 Å². The standard InChI is InChI=1S/C7H14O5S/c1-4-7(3,13(9,10)11)6(8)12-5-2/h4-5H2,1-3H3,(H,9,10,11)/t7-/m1/s1. The van der Waals surface area contributed by atoms with Crippen molar-refractivity contribution in [3.05, 3.63) is 0 Å². The van der Waals surface area contributed by atoms with Crippen LogP contribution < -0.4 is 0 Å². The van der Waals surface area contributed by atoms with Crippen LogP contribution in [0, 0.1) is 0 Å². The van der Waals surface area contributed by atoms with Gasteiger partial charge >= 0.3 is 5.97 Å². The van der Waals surface area contributed by atoms with E-state index in [4.69, 9.17) is 4.55 Å². The molecule has 13 heavy (non-hydrogen) atoms.